The van der Waals surface area contributed by atoms with Crippen LogP contribution in [0.25, 0.3) is 0 Å². The average Bonchev–Trinajstić information content (AvgIpc) is 2.15. The normalized spacial score (nSPS) is 32.5. The number of hydrogen-bond donors (Lipinski definition) is 2. The molecule has 1 aliphatic rings. The Morgan fingerprint density at radius 3 is 2.90 bits per heavy atom. The van der Waals surface area contributed by atoms with E-state index in [9.17, 15) is 4.79 Å². The van der Waals surface area contributed by atoms with Gasteiger partial charge in [0.1, 0.15) is 0 Å². The van der Waals surface area contributed by atoms with Crippen molar-refractivity contribution in [2.45, 2.75) is 25.8 Å². The van der Waals surface area contributed by atoms with Crippen molar-refractivity contribution in [3.8, 4) is 0 Å². The molecule has 1 aliphatic heterocycles. The highest BCUT2D eigenvalue weighted by molar-refractivity contribution is 5.67. The monoisotopic (exact) mass is 143 g/mol. The Kier molecular flexibility index (Phi) is 2.27. The maximum atomic E-state index is 10.3. The number of rotatable bonds is 2. The molecule has 2 atom stereocenters. The Balaban J connectivity index is 2.33. The zero-order valence-electron chi connectivity index (χ0n) is 6.13. The molecular formula is C7H13NO2. The van der Waals surface area contributed by atoms with E-state index in [0.29, 0.717) is 5.92 Å². The minimum atomic E-state index is -0.703. The van der Waals surface area contributed by atoms with E-state index in [1.165, 1.54) is 0 Å². The highest BCUT2D eigenvalue weighted by atomic mass is 16.4. The van der Waals surface area contributed by atoms with Crippen LogP contribution in [0.5, 0.6) is 0 Å². The SMILES string of the molecule is CC1CCNC1CC(=O)O. The van der Waals surface area contributed by atoms with Gasteiger partial charge >= 0.3 is 5.97 Å². The van der Waals surface area contributed by atoms with Crippen molar-refractivity contribution >= 4 is 5.97 Å². The summed E-state index contributed by atoms with van der Waals surface area (Å²) in [7, 11) is 0. The first kappa shape index (κ1) is 7.54. The van der Waals surface area contributed by atoms with Crippen LogP contribution in [0.3, 0.4) is 0 Å². The molecule has 58 valence electrons. The Hall–Kier alpha value is -0.570. The highest BCUT2D eigenvalue weighted by Crippen LogP contribution is 2.16. The second kappa shape index (κ2) is 3.01. The standard InChI is InChI=1S/C7H13NO2/c1-5-2-3-8-6(5)4-7(9)10/h5-6,8H,2-4H2,1H3,(H,9,10). The van der Waals surface area contributed by atoms with E-state index in [4.69, 9.17) is 5.11 Å². The van der Waals surface area contributed by atoms with Crippen LogP contribution in [0.15, 0.2) is 0 Å². The molecule has 1 rings (SSSR count). The summed E-state index contributed by atoms with van der Waals surface area (Å²) < 4.78 is 0. The lowest BCUT2D eigenvalue weighted by Crippen LogP contribution is -2.28. The van der Waals surface area contributed by atoms with E-state index in [0.717, 1.165) is 13.0 Å². The van der Waals surface area contributed by atoms with Crippen molar-refractivity contribution < 1.29 is 9.90 Å². The van der Waals surface area contributed by atoms with Crippen LogP contribution in [0, 0.1) is 5.92 Å². The summed E-state index contributed by atoms with van der Waals surface area (Å²) in [5, 5.41) is 11.6. The summed E-state index contributed by atoms with van der Waals surface area (Å²) in [6.07, 6.45) is 1.37. The van der Waals surface area contributed by atoms with E-state index >= 15 is 0 Å². The molecular weight excluding hydrogens is 130 g/mol. The van der Waals surface area contributed by atoms with Crippen LogP contribution >= 0.6 is 0 Å². The van der Waals surface area contributed by atoms with E-state index in [2.05, 4.69) is 12.2 Å². The number of hydrogen-bond acceptors (Lipinski definition) is 2. The van der Waals surface area contributed by atoms with Crippen molar-refractivity contribution in [2.24, 2.45) is 5.92 Å². The maximum absolute atomic E-state index is 10.3. The summed E-state index contributed by atoms with van der Waals surface area (Å²) in [4.78, 5) is 10.3. The van der Waals surface area contributed by atoms with Gasteiger partial charge in [-0.15, -0.1) is 0 Å². The number of carboxylic acids is 1. The Bertz CT molecular complexity index is 136. The topological polar surface area (TPSA) is 49.3 Å². The first-order valence-corrected chi connectivity index (χ1v) is 3.65. The number of aliphatic carboxylic acids is 1. The van der Waals surface area contributed by atoms with Crippen molar-refractivity contribution in [2.75, 3.05) is 6.54 Å². The van der Waals surface area contributed by atoms with E-state index in [1.807, 2.05) is 0 Å². The number of carbonyl (C=O) groups is 1. The van der Waals surface area contributed by atoms with Crippen molar-refractivity contribution in [1.29, 1.82) is 0 Å². The highest BCUT2D eigenvalue weighted by Gasteiger charge is 2.24. The molecule has 3 nitrogen and oxygen atoms in total. The summed E-state index contributed by atoms with van der Waals surface area (Å²) >= 11 is 0. The predicted octanol–water partition coefficient (Wildman–Crippen LogP) is 0.459. The second-order valence-corrected chi connectivity index (χ2v) is 2.92. The van der Waals surface area contributed by atoms with E-state index in [1.54, 1.807) is 0 Å². The zero-order valence-corrected chi connectivity index (χ0v) is 6.13. The third-order valence-corrected chi connectivity index (χ3v) is 2.09. The fourth-order valence-electron chi connectivity index (χ4n) is 1.36. The molecule has 2 N–H and O–H groups in total. The molecule has 1 saturated heterocycles. The molecule has 1 heterocycles. The molecule has 0 aliphatic carbocycles. The first-order valence-electron chi connectivity index (χ1n) is 3.65. The van der Waals surface area contributed by atoms with Gasteiger partial charge in [0, 0.05) is 6.04 Å². The molecule has 2 unspecified atom stereocenters. The minimum Gasteiger partial charge on any atom is -0.481 e. The van der Waals surface area contributed by atoms with Gasteiger partial charge < -0.3 is 10.4 Å². The van der Waals surface area contributed by atoms with Crippen molar-refractivity contribution in [3.63, 3.8) is 0 Å². The van der Waals surface area contributed by atoms with Gasteiger partial charge in [0.25, 0.3) is 0 Å². The molecule has 0 spiro atoms. The third-order valence-electron chi connectivity index (χ3n) is 2.09. The van der Waals surface area contributed by atoms with Gasteiger partial charge in [-0.1, -0.05) is 6.92 Å². The zero-order chi connectivity index (χ0) is 7.56. The van der Waals surface area contributed by atoms with Gasteiger partial charge in [-0.2, -0.15) is 0 Å². The Labute approximate surface area is 60.4 Å². The molecule has 0 saturated carbocycles. The minimum absolute atomic E-state index is 0.206. The number of carboxylic acid groups (broad SMARTS) is 1. The summed E-state index contributed by atoms with van der Waals surface area (Å²) in [5.41, 5.74) is 0. The van der Waals surface area contributed by atoms with Gasteiger partial charge in [-0.3, -0.25) is 4.79 Å². The second-order valence-electron chi connectivity index (χ2n) is 2.92. The predicted molar refractivity (Wildman–Crippen MR) is 37.8 cm³/mol. The van der Waals surface area contributed by atoms with Crippen LogP contribution in [-0.2, 0) is 4.79 Å². The molecule has 0 radical (unpaired) electrons. The van der Waals surface area contributed by atoms with Gasteiger partial charge in [0.2, 0.25) is 0 Å². The smallest absolute Gasteiger partial charge is 0.304 e. The van der Waals surface area contributed by atoms with Crippen LogP contribution in [0.1, 0.15) is 19.8 Å². The van der Waals surface area contributed by atoms with E-state index in [-0.39, 0.29) is 12.5 Å². The fraction of sp³-hybridized carbons (Fsp3) is 0.857. The fourth-order valence-corrected chi connectivity index (χ4v) is 1.36. The van der Waals surface area contributed by atoms with Crippen molar-refractivity contribution in [1.82, 2.24) is 5.32 Å². The summed E-state index contributed by atoms with van der Waals surface area (Å²) in [6, 6.07) is 0.206. The van der Waals surface area contributed by atoms with E-state index < -0.39 is 5.97 Å². The molecule has 0 bridgehead atoms. The molecule has 0 aromatic heterocycles. The van der Waals surface area contributed by atoms with Crippen LogP contribution in [-0.4, -0.2) is 23.7 Å². The van der Waals surface area contributed by atoms with Gasteiger partial charge in [0.15, 0.2) is 0 Å². The molecule has 3 heteroatoms. The van der Waals surface area contributed by atoms with Crippen molar-refractivity contribution in [3.05, 3.63) is 0 Å². The summed E-state index contributed by atoms with van der Waals surface area (Å²) in [6.45, 7) is 3.06. The molecule has 1 fully saturated rings. The van der Waals surface area contributed by atoms with Gasteiger partial charge in [-0.25, -0.2) is 0 Å². The van der Waals surface area contributed by atoms with Crippen LogP contribution < -0.4 is 5.32 Å². The van der Waals surface area contributed by atoms with Gasteiger partial charge in [-0.05, 0) is 18.9 Å². The Morgan fingerprint density at radius 1 is 1.80 bits per heavy atom. The van der Waals surface area contributed by atoms with Crippen LogP contribution in [0.4, 0.5) is 0 Å². The maximum Gasteiger partial charge on any atom is 0.304 e. The lowest BCUT2D eigenvalue weighted by molar-refractivity contribution is -0.137. The lowest BCUT2D eigenvalue weighted by Gasteiger charge is -2.11. The van der Waals surface area contributed by atoms with Crippen LogP contribution in [0.2, 0.25) is 0 Å². The number of nitrogens with one attached hydrogen (secondary N) is 1. The average molecular weight is 143 g/mol. The Morgan fingerprint density at radius 2 is 2.50 bits per heavy atom. The molecule has 0 amide bonds. The molecule has 10 heavy (non-hydrogen) atoms. The molecule has 0 aromatic rings. The summed E-state index contributed by atoms with van der Waals surface area (Å²) in [5.74, 6) is -0.178. The third kappa shape index (κ3) is 1.70. The van der Waals surface area contributed by atoms with Gasteiger partial charge in [0.05, 0.1) is 6.42 Å². The lowest BCUT2D eigenvalue weighted by atomic mass is 10.0. The quantitative estimate of drug-likeness (QED) is 0.590. The first-order chi connectivity index (χ1) is 4.70. The molecule has 0 aromatic carbocycles. The largest absolute Gasteiger partial charge is 0.481 e.